The molecule has 4 heteroatoms. The Balaban J connectivity index is 1.75. The number of hydrogen-bond acceptors (Lipinski definition) is 3. The van der Waals surface area contributed by atoms with E-state index in [9.17, 15) is 0 Å². The van der Waals surface area contributed by atoms with Gasteiger partial charge in [-0.2, -0.15) is 0 Å². The Morgan fingerprint density at radius 2 is 2.25 bits per heavy atom. The topological polar surface area (TPSA) is 39.1 Å². The minimum Gasteiger partial charge on any atom is -0.374 e. The summed E-state index contributed by atoms with van der Waals surface area (Å²) in [6.07, 6.45) is 2.30. The van der Waals surface area contributed by atoms with Crippen LogP contribution in [0.1, 0.15) is 38.6 Å². The molecule has 2 atom stereocenters. The largest absolute Gasteiger partial charge is 0.374 e. The average molecular weight is 273 g/mol. The Kier molecular flexibility index (Phi) is 3.52. The number of hydrogen-bond donors (Lipinski definition) is 1. The van der Waals surface area contributed by atoms with Crippen LogP contribution in [0.25, 0.3) is 11.0 Å². The number of imidazole rings is 1. The van der Waals surface area contributed by atoms with E-state index < -0.39 is 0 Å². The first-order chi connectivity index (χ1) is 9.59. The lowest BCUT2D eigenvalue weighted by molar-refractivity contribution is 0.0189. The van der Waals surface area contributed by atoms with Crippen LogP contribution in [0.4, 0.5) is 0 Å². The fourth-order valence-corrected chi connectivity index (χ4v) is 2.99. The number of para-hydroxylation sites is 2. The van der Waals surface area contributed by atoms with E-state index in [4.69, 9.17) is 9.72 Å². The van der Waals surface area contributed by atoms with Gasteiger partial charge in [0.15, 0.2) is 0 Å². The van der Waals surface area contributed by atoms with Gasteiger partial charge in [-0.1, -0.05) is 12.1 Å². The standard InChI is InChI=1S/C16H23N3O/c1-12(17-11-16(2)9-6-10-20-16)15-18-13-7-4-5-8-14(13)19(15)3/h4-5,7-8,12,17H,6,9-11H2,1-3H3. The fourth-order valence-electron chi connectivity index (χ4n) is 2.99. The molecule has 1 aliphatic rings. The van der Waals surface area contributed by atoms with Crippen LogP contribution in [0.15, 0.2) is 24.3 Å². The van der Waals surface area contributed by atoms with E-state index in [-0.39, 0.29) is 11.6 Å². The number of nitrogens with zero attached hydrogens (tertiary/aromatic N) is 2. The van der Waals surface area contributed by atoms with Gasteiger partial charge >= 0.3 is 0 Å². The van der Waals surface area contributed by atoms with Crippen molar-refractivity contribution < 1.29 is 4.74 Å². The molecule has 1 N–H and O–H groups in total. The second kappa shape index (κ2) is 5.19. The summed E-state index contributed by atoms with van der Waals surface area (Å²) in [6, 6.07) is 8.48. The van der Waals surface area contributed by atoms with Gasteiger partial charge in [0.1, 0.15) is 5.82 Å². The van der Waals surface area contributed by atoms with E-state index in [1.165, 1.54) is 11.9 Å². The highest BCUT2D eigenvalue weighted by atomic mass is 16.5. The zero-order valence-corrected chi connectivity index (χ0v) is 12.5. The maximum Gasteiger partial charge on any atom is 0.126 e. The monoisotopic (exact) mass is 273 g/mol. The van der Waals surface area contributed by atoms with E-state index in [1.54, 1.807) is 0 Å². The molecule has 1 aromatic heterocycles. The Bertz CT molecular complexity index is 599. The van der Waals surface area contributed by atoms with Crippen molar-refractivity contribution in [2.75, 3.05) is 13.2 Å². The zero-order chi connectivity index (χ0) is 14.2. The molecule has 20 heavy (non-hydrogen) atoms. The summed E-state index contributed by atoms with van der Waals surface area (Å²) in [5.41, 5.74) is 2.22. The summed E-state index contributed by atoms with van der Waals surface area (Å²) >= 11 is 0. The first-order valence-corrected chi connectivity index (χ1v) is 7.38. The molecule has 3 rings (SSSR count). The number of aryl methyl sites for hydroxylation is 1. The molecule has 1 aliphatic heterocycles. The molecule has 108 valence electrons. The van der Waals surface area contributed by atoms with E-state index in [1.807, 2.05) is 6.07 Å². The Morgan fingerprint density at radius 3 is 2.95 bits per heavy atom. The highest BCUT2D eigenvalue weighted by molar-refractivity contribution is 5.75. The molecular weight excluding hydrogens is 250 g/mol. The first kappa shape index (κ1) is 13.6. The van der Waals surface area contributed by atoms with Crippen molar-refractivity contribution in [3.05, 3.63) is 30.1 Å². The van der Waals surface area contributed by atoms with Gasteiger partial charge in [-0.15, -0.1) is 0 Å². The predicted molar refractivity (Wildman–Crippen MR) is 80.7 cm³/mol. The highest BCUT2D eigenvalue weighted by Gasteiger charge is 2.30. The van der Waals surface area contributed by atoms with Gasteiger partial charge in [-0.05, 0) is 38.8 Å². The predicted octanol–water partition coefficient (Wildman–Crippen LogP) is 2.79. The number of rotatable bonds is 4. The fraction of sp³-hybridized carbons (Fsp3) is 0.562. The molecule has 0 saturated carbocycles. The molecule has 2 aromatic rings. The number of aromatic nitrogens is 2. The van der Waals surface area contributed by atoms with E-state index in [0.29, 0.717) is 0 Å². The molecule has 0 spiro atoms. The molecule has 0 bridgehead atoms. The number of ether oxygens (including phenoxy) is 1. The van der Waals surface area contributed by atoms with Crippen molar-refractivity contribution >= 4 is 11.0 Å². The summed E-state index contributed by atoms with van der Waals surface area (Å²) in [5, 5.41) is 3.57. The van der Waals surface area contributed by atoms with Gasteiger partial charge in [0.05, 0.1) is 22.7 Å². The lowest BCUT2D eigenvalue weighted by Gasteiger charge is -2.25. The molecule has 0 radical (unpaired) electrons. The SMILES string of the molecule is CC(NCC1(C)CCCO1)c1nc2ccccc2n1C. The highest BCUT2D eigenvalue weighted by Crippen LogP contribution is 2.25. The van der Waals surface area contributed by atoms with Gasteiger partial charge in [-0.3, -0.25) is 0 Å². The van der Waals surface area contributed by atoms with Crippen LogP contribution >= 0.6 is 0 Å². The second-order valence-electron chi connectivity index (χ2n) is 6.02. The van der Waals surface area contributed by atoms with Crippen molar-refractivity contribution in [1.29, 1.82) is 0 Å². The van der Waals surface area contributed by atoms with Crippen LogP contribution in [-0.2, 0) is 11.8 Å². The lowest BCUT2D eigenvalue weighted by Crippen LogP contribution is -2.38. The number of nitrogens with one attached hydrogen (secondary N) is 1. The van der Waals surface area contributed by atoms with Gasteiger partial charge < -0.3 is 14.6 Å². The van der Waals surface area contributed by atoms with E-state index in [0.717, 1.165) is 30.9 Å². The van der Waals surface area contributed by atoms with Crippen molar-refractivity contribution in [2.24, 2.45) is 7.05 Å². The Hall–Kier alpha value is -1.39. The minimum atomic E-state index is -0.0150. The molecule has 0 aliphatic carbocycles. The molecule has 1 aromatic carbocycles. The van der Waals surface area contributed by atoms with E-state index in [2.05, 4.69) is 49.0 Å². The molecule has 1 saturated heterocycles. The van der Waals surface area contributed by atoms with Crippen LogP contribution in [0, 0.1) is 0 Å². The Labute approximate surface area is 120 Å². The normalized spacial score (nSPS) is 24.4. The van der Waals surface area contributed by atoms with Crippen LogP contribution in [0.2, 0.25) is 0 Å². The van der Waals surface area contributed by atoms with Crippen molar-refractivity contribution in [3.63, 3.8) is 0 Å². The van der Waals surface area contributed by atoms with Crippen LogP contribution in [0.3, 0.4) is 0 Å². The van der Waals surface area contributed by atoms with Gasteiger partial charge in [0, 0.05) is 20.2 Å². The van der Waals surface area contributed by atoms with Crippen molar-refractivity contribution in [3.8, 4) is 0 Å². The average Bonchev–Trinajstić information content (AvgIpc) is 3.02. The molecule has 0 amide bonds. The van der Waals surface area contributed by atoms with Crippen LogP contribution < -0.4 is 5.32 Å². The second-order valence-corrected chi connectivity index (χ2v) is 6.02. The third-order valence-electron chi connectivity index (χ3n) is 4.29. The van der Waals surface area contributed by atoms with Gasteiger partial charge in [-0.25, -0.2) is 4.98 Å². The van der Waals surface area contributed by atoms with Crippen molar-refractivity contribution in [1.82, 2.24) is 14.9 Å². The molecular formula is C16H23N3O. The van der Waals surface area contributed by atoms with Crippen molar-refractivity contribution in [2.45, 2.75) is 38.3 Å². The summed E-state index contributed by atoms with van der Waals surface area (Å²) < 4.78 is 8.00. The Morgan fingerprint density at radius 1 is 1.45 bits per heavy atom. The number of fused-ring (bicyclic) bond motifs is 1. The maximum atomic E-state index is 5.83. The molecule has 2 heterocycles. The quantitative estimate of drug-likeness (QED) is 0.931. The van der Waals surface area contributed by atoms with E-state index >= 15 is 0 Å². The third-order valence-corrected chi connectivity index (χ3v) is 4.29. The molecule has 4 nitrogen and oxygen atoms in total. The summed E-state index contributed by atoms with van der Waals surface area (Å²) in [7, 11) is 2.08. The van der Waals surface area contributed by atoms with Gasteiger partial charge in [0.2, 0.25) is 0 Å². The lowest BCUT2D eigenvalue weighted by atomic mass is 10.0. The van der Waals surface area contributed by atoms with Crippen LogP contribution in [-0.4, -0.2) is 28.3 Å². The summed E-state index contributed by atoms with van der Waals surface area (Å²) in [4.78, 5) is 4.74. The van der Waals surface area contributed by atoms with Crippen LogP contribution in [0.5, 0.6) is 0 Å². The third kappa shape index (κ3) is 2.45. The summed E-state index contributed by atoms with van der Waals surface area (Å²) in [6.45, 7) is 6.12. The zero-order valence-electron chi connectivity index (χ0n) is 12.5. The maximum absolute atomic E-state index is 5.83. The molecule has 2 unspecified atom stereocenters. The first-order valence-electron chi connectivity index (χ1n) is 7.38. The smallest absolute Gasteiger partial charge is 0.126 e. The number of benzene rings is 1. The molecule has 1 fully saturated rings. The minimum absolute atomic E-state index is 0.0150. The summed E-state index contributed by atoms with van der Waals surface area (Å²) in [5.74, 6) is 1.08. The van der Waals surface area contributed by atoms with Gasteiger partial charge in [0.25, 0.3) is 0 Å².